The first-order valence-corrected chi connectivity index (χ1v) is 13.2. The number of carbonyl (C=O) groups is 3. The molecule has 0 spiro atoms. The zero-order chi connectivity index (χ0) is 25.1. The van der Waals surface area contributed by atoms with Crippen LogP contribution < -0.4 is 16.0 Å². The molecule has 0 unspecified atom stereocenters. The number of allylic oxidation sites excluding steroid dienone is 1. The SMILES string of the molecule is CC(C)[C@@H]1NC(=O)[C@]2(C)CSC(=N2)c2csc(n2)CNC(=O)C(F)(F)[C@@H](/C=C/CCS)NC1=O. The molecule has 186 valence electrons. The molecule has 0 radical (unpaired) electrons. The summed E-state index contributed by atoms with van der Waals surface area (Å²) in [7, 11) is 0. The largest absolute Gasteiger partial charge is 0.347 e. The first-order valence-electron chi connectivity index (χ1n) is 10.7. The number of halogens is 2. The number of nitrogens with zero attached hydrogens (tertiary/aromatic N) is 2. The fourth-order valence-electron chi connectivity index (χ4n) is 3.29. The molecule has 0 aliphatic carbocycles. The lowest BCUT2D eigenvalue weighted by Gasteiger charge is -2.30. The Hall–Kier alpha value is -1.99. The molecule has 0 aromatic carbocycles. The summed E-state index contributed by atoms with van der Waals surface area (Å²) >= 11 is 6.60. The standard InChI is InChI=1S/C21H27F2N5O3S3/c1-11(2)15-16(29)26-13(6-4-5-7-32)21(22,23)19(31)24-8-14-25-12(9-33-14)17-28-20(3,10-34-17)18(30)27-15/h4,6,9,11,13,15,32H,5,7-8,10H2,1-3H3,(H,24,31)(H,26,29)(H,27,30)/b6-4+/t13-,15+,20+/m1/s1. The lowest BCUT2D eigenvalue weighted by Crippen LogP contribution is -2.60. The summed E-state index contributed by atoms with van der Waals surface area (Å²) in [6.45, 7) is 4.84. The lowest BCUT2D eigenvalue weighted by molar-refractivity contribution is -0.150. The normalized spacial score (nSPS) is 28.0. The molecule has 34 heavy (non-hydrogen) atoms. The van der Waals surface area contributed by atoms with E-state index in [1.165, 1.54) is 29.2 Å². The van der Waals surface area contributed by atoms with Gasteiger partial charge < -0.3 is 16.0 Å². The van der Waals surface area contributed by atoms with E-state index in [-0.39, 0.29) is 6.54 Å². The van der Waals surface area contributed by atoms with Crippen LogP contribution in [0.15, 0.2) is 22.5 Å². The second kappa shape index (κ2) is 10.7. The molecule has 3 atom stereocenters. The molecular formula is C21H27F2N5O3S3. The topological polar surface area (TPSA) is 113 Å². The summed E-state index contributed by atoms with van der Waals surface area (Å²) in [5.74, 6) is -6.45. The van der Waals surface area contributed by atoms with Gasteiger partial charge in [-0.2, -0.15) is 21.4 Å². The highest BCUT2D eigenvalue weighted by Crippen LogP contribution is 2.32. The summed E-state index contributed by atoms with van der Waals surface area (Å²) in [5.41, 5.74) is -0.626. The third-order valence-electron chi connectivity index (χ3n) is 5.35. The molecule has 8 nitrogen and oxygen atoms in total. The number of alkyl halides is 2. The van der Waals surface area contributed by atoms with Gasteiger partial charge in [0.2, 0.25) is 11.8 Å². The Morgan fingerprint density at radius 1 is 1.26 bits per heavy atom. The van der Waals surface area contributed by atoms with Gasteiger partial charge in [0, 0.05) is 11.1 Å². The number of amides is 3. The van der Waals surface area contributed by atoms with Crippen molar-refractivity contribution in [2.75, 3.05) is 11.5 Å². The summed E-state index contributed by atoms with van der Waals surface area (Å²) < 4.78 is 30.3. The molecule has 0 saturated heterocycles. The van der Waals surface area contributed by atoms with Crippen molar-refractivity contribution in [2.24, 2.45) is 10.9 Å². The van der Waals surface area contributed by atoms with Gasteiger partial charge in [-0.3, -0.25) is 19.4 Å². The van der Waals surface area contributed by atoms with Crippen molar-refractivity contribution in [1.82, 2.24) is 20.9 Å². The molecule has 3 heterocycles. The molecule has 3 amide bonds. The van der Waals surface area contributed by atoms with Crippen LogP contribution in [0.1, 0.15) is 37.9 Å². The molecule has 1 aromatic rings. The van der Waals surface area contributed by atoms with Crippen molar-refractivity contribution in [3.8, 4) is 0 Å². The molecule has 4 bridgehead atoms. The fourth-order valence-corrected chi connectivity index (χ4v) is 5.37. The van der Waals surface area contributed by atoms with Crippen LogP contribution in [0.5, 0.6) is 0 Å². The highest BCUT2D eigenvalue weighted by atomic mass is 32.2. The maximum Gasteiger partial charge on any atom is 0.347 e. The monoisotopic (exact) mass is 531 g/mol. The van der Waals surface area contributed by atoms with E-state index in [4.69, 9.17) is 0 Å². The molecule has 13 heteroatoms. The van der Waals surface area contributed by atoms with Crippen LogP contribution in [-0.4, -0.2) is 62.8 Å². The van der Waals surface area contributed by atoms with Crippen LogP contribution in [0, 0.1) is 5.92 Å². The van der Waals surface area contributed by atoms with Crippen molar-refractivity contribution >= 4 is 58.5 Å². The Bertz CT molecular complexity index is 1010. The predicted octanol–water partition coefficient (Wildman–Crippen LogP) is 2.16. The Labute approximate surface area is 210 Å². The van der Waals surface area contributed by atoms with Gasteiger partial charge in [0.25, 0.3) is 5.91 Å². The summed E-state index contributed by atoms with van der Waals surface area (Å²) in [6.07, 6.45) is 2.89. The number of carbonyl (C=O) groups excluding carboxylic acids is 3. The van der Waals surface area contributed by atoms with Gasteiger partial charge in [0.05, 0.1) is 6.54 Å². The van der Waals surface area contributed by atoms with Crippen LogP contribution in [0.25, 0.3) is 0 Å². The molecule has 3 rings (SSSR count). The second-order valence-corrected chi connectivity index (χ2v) is 10.9. The van der Waals surface area contributed by atoms with Crippen LogP contribution in [0.4, 0.5) is 8.78 Å². The quantitative estimate of drug-likeness (QED) is 0.352. The van der Waals surface area contributed by atoms with E-state index < -0.39 is 47.2 Å². The van der Waals surface area contributed by atoms with Crippen molar-refractivity contribution in [3.05, 3.63) is 28.2 Å². The van der Waals surface area contributed by atoms with E-state index in [1.807, 2.05) is 0 Å². The number of hydrogen-bond acceptors (Lipinski definition) is 8. The van der Waals surface area contributed by atoms with Crippen molar-refractivity contribution < 1.29 is 23.2 Å². The number of nitrogens with one attached hydrogen (secondary N) is 3. The number of hydrogen-bond donors (Lipinski definition) is 4. The smallest absolute Gasteiger partial charge is 0.344 e. The Kier molecular flexibility index (Phi) is 8.40. The van der Waals surface area contributed by atoms with Crippen molar-refractivity contribution in [3.63, 3.8) is 0 Å². The van der Waals surface area contributed by atoms with E-state index in [9.17, 15) is 14.4 Å². The van der Waals surface area contributed by atoms with Gasteiger partial charge in [0.1, 0.15) is 33.4 Å². The van der Waals surface area contributed by atoms with Gasteiger partial charge in [-0.15, -0.1) is 23.1 Å². The number of thioether (sulfide) groups is 1. The molecule has 3 N–H and O–H groups in total. The lowest BCUT2D eigenvalue weighted by atomic mass is 9.98. The van der Waals surface area contributed by atoms with Crippen LogP contribution in [-0.2, 0) is 20.9 Å². The summed E-state index contributed by atoms with van der Waals surface area (Å²) in [5, 5.41) is 9.81. The van der Waals surface area contributed by atoms with Gasteiger partial charge in [-0.1, -0.05) is 26.0 Å². The summed E-state index contributed by atoms with van der Waals surface area (Å²) in [6, 6.07) is -3.02. The minimum absolute atomic E-state index is 0.204. The Morgan fingerprint density at radius 2 is 2.00 bits per heavy atom. The average Bonchev–Trinajstić information content (AvgIpc) is 3.41. The minimum Gasteiger partial charge on any atom is -0.344 e. The van der Waals surface area contributed by atoms with E-state index >= 15 is 8.78 Å². The zero-order valence-corrected chi connectivity index (χ0v) is 21.5. The second-order valence-electron chi connectivity index (χ2n) is 8.53. The third kappa shape index (κ3) is 5.80. The molecular weight excluding hydrogens is 504 g/mol. The highest BCUT2D eigenvalue weighted by Gasteiger charge is 2.48. The van der Waals surface area contributed by atoms with Crippen LogP contribution in [0.3, 0.4) is 0 Å². The number of rotatable bonds is 4. The Morgan fingerprint density at radius 3 is 2.68 bits per heavy atom. The molecule has 2 aliphatic rings. The van der Waals surface area contributed by atoms with E-state index in [0.29, 0.717) is 33.7 Å². The first kappa shape index (κ1) is 26.6. The van der Waals surface area contributed by atoms with Gasteiger partial charge in [0.15, 0.2) is 0 Å². The van der Waals surface area contributed by atoms with Gasteiger partial charge in [-0.25, -0.2) is 4.98 Å². The maximum atomic E-state index is 15.2. The Balaban J connectivity index is 2.01. The number of fused-ring (bicyclic) bond motifs is 4. The number of thiol groups is 1. The third-order valence-corrected chi connectivity index (χ3v) is 7.74. The predicted molar refractivity (Wildman–Crippen MR) is 133 cm³/mol. The van der Waals surface area contributed by atoms with Crippen LogP contribution >= 0.6 is 35.7 Å². The van der Waals surface area contributed by atoms with Gasteiger partial charge in [-0.05, 0) is 25.0 Å². The first-order chi connectivity index (χ1) is 16.0. The van der Waals surface area contributed by atoms with E-state index in [0.717, 1.165) is 6.08 Å². The highest BCUT2D eigenvalue weighted by molar-refractivity contribution is 8.14. The molecule has 0 fully saturated rings. The molecule has 0 saturated carbocycles. The zero-order valence-electron chi connectivity index (χ0n) is 18.9. The fraction of sp³-hybridized carbons (Fsp3) is 0.571. The number of aromatic nitrogens is 1. The number of thiazole rings is 1. The van der Waals surface area contributed by atoms with Crippen LogP contribution in [0.2, 0.25) is 0 Å². The maximum absolute atomic E-state index is 15.2. The average molecular weight is 532 g/mol. The van der Waals surface area contributed by atoms with Gasteiger partial charge >= 0.3 is 5.92 Å². The van der Waals surface area contributed by atoms with E-state index in [2.05, 4.69) is 38.6 Å². The number of aliphatic imine (C=N–C) groups is 1. The van der Waals surface area contributed by atoms with Crippen molar-refractivity contribution in [1.29, 1.82) is 0 Å². The minimum atomic E-state index is -3.95. The van der Waals surface area contributed by atoms with E-state index in [1.54, 1.807) is 26.2 Å². The molecule has 2 aliphatic heterocycles. The molecule has 1 aromatic heterocycles. The van der Waals surface area contributed by atoms with Crippen molar-refractivity contribution in [2.45, 2.75) is 57.3 Å². The summed E-state index contributed by atoms with van der Waals surface area (Å²) in [4.78, 5) is 47.5.